The third-order valence-electron chi connectivity index (χ3n) is 6.11. The van der Waals surface area contributed by atoms with Crippen LogP contribution in [0.25, 0.3) is 11.0 Å². The summed E-state index contributed by atoms with van der Waals surface area (Å²) < 4.78 is 29.9. The highest BCUT2D eigenvalue weighted by atomic mass is 35.5. The molecule has 1 saturated carbocycles. The maximum Gasteiger partial charge on any atom is 0.242 e. The average Bonchev–Trinajstić information content (AvgIpc) is 3.42. The number of unbranched alkanes of at least 4 members (excludes halogenated alkanes) is 1. The molecule has 0 N–H and O–H groups in total. The Morgan fingerprint density at radius 2 is 1.97 bits per heavy atom. The first-order chi connectivity index (χ1) is 15.4. The molecule has 0 bridgehead atoms. The Kier molecular flexibility index (Phi) is 7.50. The zero-order valence-electron chi connectivity index (χ0n) is 18.6. The van der Waals surface area contributed by atoms with Crippen LogP contribution in [0, 0.1) is 0 Å². The number of aromatic nitrogens is 2. The van der Waals surface area contributed by atoms with Crippen molar-refractivity contribution in [1.82, 2.24) is 13.9 Å². The molecule has 2 aromatic carbocycles. The van der Waals surface area contributed by atoms with Gasteiger partial charge in [0.2, 0.25) is 10.0 Å². The minimum atomic E-state index is -3.52. The van der Waals surface area contributed by atoms with Crippen LogP contribution in [0.2, 0.25) is 5.02 Å². The van der Waals surface area contributed by atoms with Gasteiger partial charge in [0.15, 0.2) is 5.16 Å². The Bertz CT molecular complexity index is 1190. The quantitative estimate of drug-likeness (QED) is 0.320. The summed E-state index contributed by atoms with van der Waals surface area (Å²) in [6, 6.07) is 13.7. The number of benzene rings is 2. The maximum absolute atomic E-state index is 13.0. The van der Waals surface area contributed by atoms with Crippen molar-refractivity contribution in [3.05, 3.63) is 53.1 Å². The second kappa shape index (κ2) is 10.2. The lowest BCUT2D eigenvalue weighted by Gasteiger charge is -2.18. The summed E-state index contributed by atoms with van der Waals surface area (Å²) in [4.78, 5) is 5.21. The van der Waals surface area contributed by atoms with Crippen LogP contribution in [0.1, 0.15) is 57.1 Å². The fourth-order valence-electron chi connectivity index (χ4n) is 4.29. The normalized spacial score (nSPS) is 15.2. The number of hydrogen-bond acceptors (Lipinski definition) is 4. The van der Waals surface area contributed by atoms with Gasteiger partial charge in [0.05, 0.1) is 15.9 Å². The summed E-state index contributed by atoms with van der Waals surface area (Å²) in [5.74, 6) is 0.765. The third kappa shape index (κ3) is 5.01. The molecule has 1 aliphatic rings. The minimum absolute atomic E-state index is 0.311. The van der Waals surface area contributed by atoms with Crippen molar-refractivity contribution in [3.8, 4) is 0 Å². The van der Waals surface area contributed by atoms with Crippen LogP contribution in [0.5, 0.6) is 0 Å². The summed E-state index contributed by atoms with van der Waals surface area (Å²) >= 11 is 7.84. The smallest absolute Gasteiger partial charge is 0.242 e. The van der Waals surface area contributed by atoms with Gasteiger partial charge < -0.3 is 4.57 Å². The first-order valence-electron chi connectivity index (χ1n) is 11.3. The average molecular weight is 492 g/mol. The Hall–Kier alpha value is -1.54. The van der Waals surface area contributed by atoms with Crippen molar-refractivity contribution in [3.63, 3.8) is 0 Å². The van der Waals surface area contributed by atoms with Gasteiger partial charge in [-0.15, -0.1) is 0 Å². The largest absolute Gasteiger partial charge is 0.316 e. The van der Waals surface area contributed by atoms with Gasteiger partial charge in [-0.25, -0.2) is 17.7 Å². The fraction of sp³-hybridized carbons (Fsp3) is 0.458. The van der Waals surface area contributed by atoms with E-state index in [1.165, 1.54) is 17.1 Å². The molecule has 4 rings (SSSR count). The highest BCUT2D eigenvalue weighted by molar-refractivity contribution is 7.98. The highest BCUT2D eigenvalue weighted by Crippen LogP contribution is 2.38. The van der Waals surface area contributed by atoms with E-state index < -0.39 is 10.0 Å². The van der Waals surface area contributed by atoms with Gasteiger partial charge in [-0.3, -0.25) is 0 Å². The van der Waals surface area contributed by atoms with Gasteiger partial charge in [0.1, 0.15) is 0 Å². The lowest BCUT2D eigenvalue weighted by atomic mass is 10.2. The fourth-order valence-corrected chi connectivity index (χ4v) is 6.76. The Balaban J connectivity index is 1.68. The standard InChI is InChI=1S/C24H30ClN3O2S2/c1-3-4-14-27(2)32(29,30)21-12-13-23-22(16-21)26-24(28(23)20-10-5-6-11-20)31-17-18-8-7-9-19(25)15-18/h7-9,12-13,15-16,20H,3-6,10-11,14,17H2,1-2H3. The van der Waals surface area contributed by atoms with E-state index in [0.29, 0.717) is 17.5 Å². The van der Waals surface area contributed by atoms with Crippen LogP contribution < -0.4 is 0 Å². The molecular formula is C24H30ClN3O2S2. The molecule has 5 nitrogen and oxygen atoms in total. The number of nitrogens with zero attached hydrogens (tertiary/aromatic N) is 3. The van der Waals surface area contributed by atoms with Gasteiger partial charge in [0, 0.05) is 30.4 Å². The van der Waals surface area contributed by atoms with E-state index in [1.807, 2.05) is 24.3 Å². The van der Waals surface area contributed by atoms with Crippen molar-refractivity contribution in [2.45, 2.75) is 67.3 Å². The van der Waals surface area contributed by atoms with Gasteiger partial charge in [0.25, 0.3) is 0 Å². The van der Waals surface area contributed by atoms with Gasteiger partial charge in [-0.05, 0) is 55.2 Å². The van der Waals surface area contributed by atoms with E-state index in [4.69, 9.17) is 16.6 Å². The number of halogens is 1. The number of fused-ring (bicyclic) bond motifs is 1. The van der Waals surface area contributed by atoms with Gasteiger partial charge in [-0.1, -0.05) is 61.7 Å². The molecule has 1 aromatic heterocycles. The van der Waals surface area contributed by atoms with Gasteiger partial charge in [-0.2, -0.15) is 0 Å². The first kappa shape index (κ1) is 23.6. The number of thioether (sulfide) groups is 1. The van der Waals surface area contributed by atoms with Crippen molar-refractivity contribution in [2.24, 2.45) is 0 Å². The number of imidazole rings is 1. The van der Waals surface area contributed by atoms with Crippen molar-refractivity contribution in [1.29, 1.82) is 0 Å². The second-order valence-corrected chi connectivity index (χ2v) is 11.9. The van der Waals surface area contributed by atoms with Crippen molar-refractivity contribution < 1.29 is 8.42 Å². The molecule has 0 unspecified atom stereocenters. The molecule has 172 valence electrons. The predicted octanol–water partition coefficient (Wildman–Crippen LogP) is 6.52. The van der Waals surface area contributed by atoms with Crippen LogP contribution in [0.4, 0.5) is 0 Å². The topological polar surface area (TPSA) is 55.2 Å². The highest BCUT2D eigenvalue weighted by Gasteiger charge is 2.25. The monoisotopic (exact) mass is 491 g/mol. The van der Waals surface area contributed by atoms with E-state index >= 15 is 0 Å². The summed E-state index contributed by atoms with van der Waals surface area (Å²) in [5.41, 5.74) is 2.91. The predicted molar refractivity (Wildman–Crippen MR) is 133 cm³/mol. The lowest BCUT2D eigenvalue weighted by Crippen LogP contribution is -2.27. The summed E-state index contributed by atoms with van der Waals surface area (Å²) in [6.45, 7) is 2.58. The molecule has 0 aliphatic heterocycles. The number of sulfonamides is 1. The maximum atomic E-state index is 13.0. The summed E-state index contributed by atoms with van der Waals surface area (Å²) in [5, 5.41) is 1.68. The van der Waals surface area contributed by atoms with E-state index in [0.717, 1.165) is 58.2 Å². The van der Waals surface area contributed by atoms with E-state index in [-0.39, 0.29) is 0 Å². The van der Waals surface area contributed by atoms with E-state index in [9.17, 15) is 8.42 Å². The molecule has 8 heteroatoms. The van der Waals surface area contributed by atoms with Crippen molar-refractivity contribution >= 4 is 44.4 Å². The molecule has 0 saturated heterocycles. The molecule has 1 heterocycles. The van der Waals surface area contributed by atoms with E-state index in [1.54, 1.807) is 30.9 Å². The van der Waals surface area contributed by atoms with Crippen LogP contribution in [-0.2, 0) is 15.8 Å². The van der Waals surface area contributed by atoms with Crippen LogP contribution in [0.15, 0.2) is 52.5 Å². The van der Waals surface area contributed by atoms with Crippen LogP contribution in [-0.4, -0.2) is 35.9 Å². The Morgan fingerprint density at radius 3 is 2.69 bits per heavy atom. The molecule has 3 aromatic rings. The molecular weight excluding hydrogens is 462 g/mol. The number of hydrogen-bond donors (Lipinski definition) is 0. The van der Waals surface area contributed by atoms with Crippen molar-refractivity contribution in [2.75, 3.05) is 13.6 Å². The summed E-state index contributed by atoms with van der Waals surface area (Å²) in [6.07, 6.45) is 6.51. The van der Waals surface area contributed by atoms with Crippen LogP contribution in [0.3, 0.4) is 0 Å². The molecule has 1 aliphatic carbocycles. The molecule has 0 amide bonds. The summed E-state index contributed by atoms with van der Waals surface area (Å²) in [7, 11) is -1.87. The zero-order valence-corrected chi connectivity index (χ0v) is 21.0. The third-order valence-corrected chi connectivity index (χ3v) is 9.22. The first-order valence-corrected chi connectivity index (χ1v) is 14.1. The molecule has 1 fully saturated rings. The SMILES string of the molecule is CCCCN(C)S(=O)(=O)c1ccc2c(c1)nc(SCc1cccc(Cl)c1)n2C1CCCC1. The van der Waals surface area contributed by atoms with Crippen LogP contribution >= 0.6 is 23.4 Å². The Morgan fingerprint density at radius 1 is 1.19 bits per heavy atom. The van der Waals surface area contributed by atoms with Gasteiger partial charge >= 0.3 is 0 Å². The Labute approximate surface area is 200 Å². The lowest BCUT2D eigenvalue weighted by molar-refractivity contribution is 0.459. The zero-order chi connectivity index (χ0) is 22.7. The molecule has 0 spiro atoms. The van der Waals surface area contributed by atoms with E-state index in [2.05, 4.69) is 17.6 Å². The minimum Gasteiger partial charge on any atom is -0.316 e. The number of rotatable bonds is 9. The second-order valence-electron chi connectivity index (χ2n) is 8.45. The molecule has 32 heavy (non-hydrogen) atoms. The molecule has 0 atom stereocenters. The molecule has 0 radical (unpaired) electrons.